The van der Waals surface area contributed by atoms with Gasteiger partial charge in [-0.15, -0.1) is 0 Å². The van der Waals surface area contributed by atoms with Crippen LogP contribution >= 0.6 is 0 Å². The molecule has 1 aromatic rings. The molecule has 0 aromatic heterocycles. The highest BCUT2D eigenvalue weighted by molar-refractivity contribution is 5.89. The van der Waals surface area contributed by atoms with Gasteiger partial charge in [0.2, 0.25) is 0 Å². The van der Waals surface area contributed by atoms with Crippen LogP contribution in [0.25, 0.3) is 0 Å². The van der Waals surface area contributed by atoms with Crippen LogP contribution in [-0.4, -0.2) is 70.5 Å². The summed E-state index contributed by atoms with van der Waals surface area (Å²) >= 11 is 0. The second kappa shape index (κ2) is 8.64. The van der Waals surface area contributed by atoms with E-state index in [4.69, 9.17) is 18.9 Å². The van der Waals surface area contributed by atoms with Crippen LogP contribution in [0, 0.1) is 0 Å². The zero-order chi connectivity index (χ0) is 19.6. The Bertz CT molecular complexity index is 611. The number of benzene rings is 1. The summed E-state index contributed by atoms with van der Waals surface area (Å²) in [7, 11) is 0. The number of hydrogen-bond acceptors (Lipinski definition) is 8. The molecule has 27 heavy (non-hydrogen) atoms. The summed E-state index contributed by atoms with van der Waals surface area (Å²) in [5.41, 5.74) is 0.399. The van der Waals surface area contributed by atoms with Crippen LogP contribution in [0.2, 0.25) is 0 Å². The van der Waals surface area contributed by atoms with Crippen molar-refractivity contribution in [3.63, 3.8) is 0 Å². The van der Waals surface area contributed by atoms with E-state index < -0.39 is 55.2 Å². The van der Waals surface area contributed by atoms with Crippen LogP contribution in [0.3, 0.4) is 0 Å². The smallest absolute Gasteiger partial charge is 0.338 e. The molecule has 2 aliphatic rings. The Kier molecular flexibility index (Phi) is 6.46. The number of ether oxygens (including phenoxy) is 4. The zero-order valence-corrected chi connectivity index (χ0v) is 15.3. The summed E-state index contributed by atoms with van der Waals surface area (Å²) < 4.78 is 22.5. The van der Waals surface area contributed by atoms with Crippen LogP contribution in [-0.2, 0) is 18.9 Å². The molecule has 3 rings (SSSR count). The van der Waals surface area contributed by atoms with E-state index in [1.807, 2.05) is 0 Å². The summed E-state index contributed by atoms with van der Waals surface area (Å²) in [6, 6.07) is 8.56. The Morgan fingerprint density at radius 2 is 1.74 bits per heavy atom. The Morgan fingerprint density at radius 1 is 1.04 bits per heavy atom. The molecule has 0 saturated carbocycles. The van der Waals surface area contributed by atoms with Gasteiger partial charge in [-0.2, -0.15) is 0 Å². The molecule has 2 saturated heterocycles. The van der Waals surface area contributed by atoms with Crippen molar-refractivity contribution in [1.82, 2.24) is 0 Å². The van der Waals surface area contributed by atoms with Crippen molar-refractivity contribution >= 4 is 5.97 Å². The molecule has 8 nitrogen and oxygen atoms in total. The van der Waals surface area contributed by atoms with E-state index in [0.717, 1.165) is 0 Å². The van der Waals surface area contributed by atoms with Gasteiger partial charge >= 0.3 is 5.97 Å². The summed E-state index contributed by atoms with van der Waals surface area (Å²) in [5.74, 6) is -0.519. The van der Waals surface area contributed by atoms with Gasteiger partial charge in [0, 0.05) is 12.8 Å². The number of carbonyl (C=O) groups is 1. The van der Waals surface area contributed by atoms with Gasteiger partial charge in [-0.05, 0) is 26.0 Å². The molecule has 2 fully saturated rings. The first-order valence-corrected chi connectivity index (χ1v) is 9.11. The van der Waals surface area contributed by atoms with Crippen molar-refractivity contribution in [2.45, 2.75) is 75.9 Å². The summed E-state index contributed by atoms with van der Waals surface area (Å²) in [6.07, 6.45) is -6.31. The topological polar surface area (TPSA) is 115 Å². The summed E-state index contributed by atoms with van der Waals surface area (Å²) in [5, 5.41) is 29.7. The second-order valence-electron chi connectivity index (χ2n) is 7.01. The standard InChI is InChI=1S/C19H26O8/c1-10-17(22)13(20)8-16(25-10)26-14-9-15(21)24-11(2)18(14)27-19(23)12-6-4-3-5-7-12/h3-7,10-11,13-18,20-22H,8-9H2,1-2H3/t10-,11-,13-,14-,15-,16+,17-,18-/m1/s1. The van der Waals surface area contributed by atoms with Crippen LogP contribution < -0.4 is 0 Å². The van der Waals surface area contributed by atoms with Crippen molar-refractivity contribution in [3.05, 3.63) is 35.9 Å². The van der Waals surface area contributed by atoms with Gasteiger partial charge in [0.05, 0.1) is 23.9 Å². The Morgan fingerprint density at radius 3 is 2.41 bits per heavy atom. The summed E-state index contributed by atoms with van der Waals surface area (Å²) in [6.45, 7) is 3.32. The fraction of sp³-hybridized carbons (Fsp3) is 0.632. The van der Waals surface area contributed by atoms with Crippen LogP contribution in [0.5, 0.6) is 0 Å². The average Bonchev–Trinajstić information content (AvgIpc) is 2.63. The average molecular weight is 382 g/mol. The van der Waals surface area contributed by atoms with Gasteiger partial charge in [0.1, 0.15) is 12.2 Å². The molecule has 0 aliphatic carbocycles. The molecular formula is C19H26O8. The predicted octanol–water partition coefficient (Wildman–Crippen LogP) is 0.581. The number of carbonyl (C=O) groups excluding carboxylic acids is 1. The largest absolute Gasteiger partial charge is 0.453 e. The fourth-order valence-electron chi connectivity index (χ4n) is 3.39. The van der Waals surface area contributed by atoms with Crippen LogP contribution in [0.4, 0.5) is 0 Å². The third-order valence-electron chi connectivity index (χ3n) is 4.89. The van der Waals surface area contributed by atoms with E-state index in [1.165, 1.54) is 0 Å². The quantitative estimate of drug-likeness (QED) is 0.648. The SMILES string of the molecule is C[C@H]1O[C@@H](O[C@@H]2C[C@H](O)O[C@H](C)[C@H]2OC(=O)c2ccccc2)C[C@@H](O)[C@@H]1O. The van der Waals surface area contributed by atoms with Crippen molar-refractivity contribution in [3.8, 4) is 0 Å². The first kappa shape index (κ1) is 20.2. The van der Waals surface area contributed by atoms with E-state index in [-0.39, 0.29) is 12.8 Å². The molecule has 8 heteroatoms. The lowest BCUT2D eigenvalue weighted by molar-refractivity contribution is -0.300. The van der Waals surface area contributed by atoms with Crippen molar-refractivity contribution < 1.29 is 39.1 Å². The van der Waals surface area contributed by atoms with Crippen LogP contribution in [0.15, 0.2) is 30.3 Å². The molecule has 0 spiro atoms. The van der Waals surface area contributed by atoms with Gasteiger partial charge in [0.15, 0.2) is 18.7 Å². The molecule has 8 atom stereocenters. The maximum atomic E-state index is 12.4. The molecule has 0 amide bonds. The highest BCUT2D eigenvalue weighted by atomic mass is 16.7. The number of hydrogen-bond donors (Lipinski definition) is 3. The Hall–Kier alpha value is -1.55. The number of aliphatic hydroxyl groups excluding tert-OH is 3. The zero-order valence-electron chi connectivity index (χ0n) is 15.3. The van der Waals surface area contributed by atoms with Crippen molar-refractivity contribution in [2.75, 3.05) is 0 Å². The highest BCUT2D eigenvalue weighted by Crippen LogP contribution is 2.29. The van der Waals surface area contributed by atoms with E-state index in [9.17, 15) is 20.1 Å². The normalized spacial score (nSPS) is 39.7. The number of aliphatic hydroxyl groups is 3. The molecule has 1 aromatic carbocycles. The van der Waals surface area contributed by atoms with E-state index in [2.05, 4.69) is 0 Å². The van der Waals surface area contributed by atoms with Crippen molar-refractivity contribution in [2.24, 2.45) is 0 Å². The molecular weight excluding hydrogens is 356 g/mol. The first-order valence-electron chi connectivity index (χ1n) is 9.11. The van der Waals surface area contributed by atoms with E-state index in [0.29, 0.717) is 5.56 Å². The van der Waals surface area contributed by atoms with Gasteiger partial charge in [-0.1, -0.05) is 18.2 Å². The minimum absolute atomic E-state index is 0.0761. The lowest BCUT2D eigenvalue weighted by atomic mass is 10.00. The highest BCUT2D eigenvalue weighted by Gasteiger charge is 2.43. The monoisotopic (exact) mass is 382 g/mol. The predicted molar refractivity (Wildman–Crippen MR) is 92.7 cm³/mol. The maximum absolute atomic E-state index is 12.4. The number of rotatable bonds is 4. The van der Waals surface area contributed by atoms with Gasteiger partial charge in [0.25, 0.3) is 0 Å². The third kappa shape index (κ3) is 4.84. The molecule has 0 bridgehead atoms. The van der Waals surface area contributed by atoms with Crippen molar-refractivity contribution in [1.29, 1.82) is 0 Å². The van der Waals surface area contributed by atoms with Gasteiger partial charge < -0.3 is 34.3 Å². The molecule has 3 N–H and O–H groups in total. The lowest BCUT2D eigenvalue weighted by Crippen LogP contribution is -2.54. The summed E-state index contributed by atoms with van der Waals surface area (Å²) in [4.78, 5) is 12.4. The minimum Gasteiger partial charge on any atom is -0.453 e. The van der Waals surface area contributed by atoms with E-state index in [1.54, 1.807) is 44.2 Å². The number of esters is 1. The molecule has 150 valence electrons. The third-order valence-corrected chi connectivity index (χ3v) is 4.89. The Labute approximate surface area is 157 Å². The van der Waals surface area contributed by atoms with Gasteiger partial charge in [-0.3, -0.25) is 0 Å². The lowest BCUT2D eigenvalue weighted by Gasteiger charge is -2.42. The molecule has 0 radical (unpaired) electrons. The molecule has 2 aliphatic heterocycles. The van der Waals surface area contributed by atoms with Gasteiger partial charge in [-0.25, -0.2) is 4.79 Å². The molecule has 0 unspecified atom stereocenters. The first-order chi connectivity index (χ1) is 12.8. The Balaban J connectivity index is 1.69. The maximum Gasteiger partial charge on any atom is 0.338 e. The fourth-order valence-corrected chi connectivity index (χ4v) is 3.39. The van der Waals surface area contributed by atoms with Crippen LogP contribution in [0.1, 0.15) is 37.0 Å². The minimum atomic E-state index is -1.06. The van der Waals surface area contributed by atoms with E-state index >= 15 is 0 Å². The second-order valence-corrected chi connectivity index (χ2v) is 7.01. The molecule has 2 heterocycles.